The van der Waals surface area contributed by atoms with Crippen molar-refractivity contribution in [3.05, 3.63) is 0 Å². The molecule has 1 amide bonds. The molecule has 0 aliphatic heterocycles. The fourth-order valence-electron chi connectivity index (χ4n) is 2.63. The van der Waals surface area contributed by atoms with Crippen molar-refractivity contribution in [1.29, 1.82) is 0 Å². The van der Waals surface area contributed by atoms with Gasteiger partial charge in [-0.1, -0.05) is 46.0 Å². The van der Waals surface area contributed by atoms with Crippen LogP contribution in [0, 0.1) is 5.92 Å². The van der Waals surface area contributed by atoms with Gasteiger partial charge in [-0.25, -0.2) is 4.79 Å². The van der Waals surface area contributed by atoms with Crippen LogP contribution in [0.15, 0.2) is 0 Å². The summed E-state index contributed by atoms with van der Waals surface area (Å²) < 4.78 is 5.52. The van der Waals surface area contributed by atoms with Crippen LogP contribution in [-0.4, -0.2) is 30.7 Å². The Labute approximate surface area is 118 Å². The lowest BCUT2D eigenvalue weighted by atomic mass is 9.90. The second-order valence-corrected chi connectivity index (χ2v) is 5.78. The Morgan fingerprint density at radius 1 is 1.05 bits per heavy atom. The summed E-state index contributed by atoms with van der Waals surface area (Å²) in [5, 5.41) is 0. The normalized spacial score (nSPS) is 16.3. The molecule has 3 heteroatoms. The van der Waals surface area contributed by atoms with Gasteiger partial charge in [-0.2, -0.15) is 0 Å². The van der Waals surface area contributed by atoms with Crippen molar-refractivity contribution in [3.8, 4) is 0 Å². The molecule has 0 spiro atoms. The maximum absolute atomic E-state index is 12.1. The van der Waals surface area contributed by atoms with Crippen LogP contribution in [-0.2, 0) is 4.74 Å². The van der Waals surface area contributed by atoms with Crippen molar-refractivity contribution in [2.45, 2.75) is 71.6 Å². The van der Waals surface area contributed by atoms with Gasteiger partial charge in [0.1, 0.15) is 0 Å². The molecular weight excluding hydrogens is 238 g/mol. The van der Waals surface area contributed by atoms with Gasteiger partial charge >= 0.3 is 6.09 Å². The van der Waals surface area contributed by atoms with E-state index in [1.54, 1.807) is 0 Å². The van der Waals surface area contributed by atoms with Crippen LogP contribution in [0.3, 0.4) is 0 Å². The van der Waals surface area contributed by atoms with Crippen molar-refractivity contribution in [2.24, 2.45) is 5.92 Å². The predicted octanol–water partition coefficient (Wildman–Crippen LogP) is 4.61. The first-order valence-electron chi connectivity index (χ1n) is 8.19. The van der Waals surface area contributed by atoms with Crippen molar-refractivity contribution in [3.63, 3.8) is 0 Å². The number of unbranched alkanes of at least 4 members (excludes halogenated alkanes) is 2. The van der Waals surface area contributed by atoms with Gasteiger partial charge in [0, 0.05) is 13.1 Å². The topological polar surface area (TPSA) is 29.5 Å². The average molecular weight is 269 g/mol. The molecule has 0 heterocycles. The smallest absolute Gasteiger partial charge is 0.409 e. The van der Waals surface area contributed by atoms with Crippen molar-refractivity contribution in [1.82, 2.24) is 4.90 Å². The molecule has 0 aromatic heterocycles. The number of carbonyl (C=O) groups excluding carboxylic acids is 1. The quantitative estimate of drug-likeness (QED) is 0.644. The van der Waals surface area contributed by atoms with E-state index in [-0.39, 0.29) is 6.09 Å². The first-order valence-corrected chi connectivity index (χ1v) is 8.19. The van der Waals surface area contributed by atoms with Crippen LogP contribution < -0.4 is 0 Å². The summed E-state index contributed by atoms with van der Waals surface area (Å²) in [4.78, 5) is 14.0. The predicted molar refractivity (Wildman–Crippen MR) is 79.3 cm³/mol. The minimum atomic E-state index is -0.0903. The molecule has 1 rings (SSSR count). The highest BCUT2D eigenvalue weighted by Crippen LogP contribution is 2.23. The zero-order valence-corrected chi connectivity index (χ0v) is 12.8. The van der Waals surface area contributed by atoms with Crippen LogP contribution >= 0.6 is 0 Å². The number of amides is 1. The molecule has 0 N–H and O–H groups in total. The van der Waals surface area contributed by atoms with Gasteiger partial charge in [0.05, 0.1) is 6.61 Å². The van der Waals surface area contributed by atoms with Gasteiger partial charge < -0.3 is 9.64 Å². The summed E-state index contributed by atoms with van der Waals surface area (Å²) in [6, 6.07) is 0. The minimum absolute atomic E-state index is 0.0903. The molecular formula is C16H31NO2. The van der Waals surface area contributed by atoms with Crippen LogP contribution in [0.1, 0.15) is 71.6 Å². The second kappa shape index (κ2) is 10.1. The largest absolute Gasteiger partial charge is 0.449 e. The van der Waals surface area contributed by atoms with Gasteiger partial charge in [0.2, 0.25) is 0 Å². The van der Waals surface area contributed by atoms with Crippen LogP contribution in [0.4, 0.5) is 4.79 Å². The summed E-state index contributed by atoms with van der Waals surface area (Å²) in [7, 11) is 0. The fraction of sp³-hybridized carbons (Fsp3) is 0.938. The Bertz CT molecular complexity index is 229. The number of hydrogen-bond donors (Lipinski definition) is 0. The molecule has 1 saturated carbocycles. The second-order valence-electron chi connectivity index (χ2n) is 5.78. The number of carbonyl (C=O) groups is 1. The van der Waals surface area contributed by atoms with Crippen molar-refractivity contribution < 1.29 is 9.53 Å². The molecule has 0 saturated heterocycles. The third-order valence-corrected chi connectivity index (χ3v) is 3.99. The Balaban J connectivity index is 2.28. The van der Waals surface area contributed by atoms with E-state index in [1.807, 2.05) is 4.90 Å². The molecule has 0 radical (unpaired) electrons. The third kappa shape index (κ3) is 6.84. The monoisotopic (exact) mass is 269 g/mol. The zero-order valence-electron chi connectivity index (χ0n) is 12.8. The number of rotatable bonds is 8. The highest BCUT2D eigenvalue weighted by atomic mass is 16.6. The Morgan fingerprint density at radius 3 is 2.16 bits per heavy atom. The molecule has 0 aromatic carbocycles. The summed E-state index contributed by atoms with van der Waals surface area (Å²) in [5.41, 5.74) is 0. The summed E-state index contributed by atoms with van der Waals surface area (Å²) in [6.45, 7) is 6.64. The van der Waals surface area contributed by atoms with E-state index >= 15 is 0 Å². The average Bonchev–Trinajstić information content (AvgIpc) is 2.46. The van der Waals surface area contributed by atoms with E-state index in [9.17, 15) is 4.79 Å². The minimum Gasteiger partial charge on any atom is -0.449 e. The Hall–Kier alpha value is -0.730. The van der Waals surface area contributed by atoms with Crippen molar-refractivity contribution >= 4 is 6.09 Å². The molecule has 0 aromatic rings. The molecule has 1 fully saturated rings. The fourth-order valence-corrected chi connectivity index (χ4v) is 2.63. The van der Waals surface area contributed by atoms with Crippen LogP contribution in [0.5, 0.6) is 0 Å². The third-order valence-electron chi connectivity index (χ3n) is 3.99. The van der Waals surface area contributed by atoms with Gasteiger partial charge in [0.25, 0.3) is 0 Å². The van der Waals surface area contributed by atoms with Gasteiger partial charge in [-0.15, -0.1) is 0 Å². The highest BCUT2D eigenvalue weighted by molar-refractivity contribution is 5.67. The summed E-state index contributed by atoms with van der Waals surface area (Å²) in [6.07, 6.45) is 10.7. The maximum atomic E-state index is 12.1. The summed E-state index contributed by atoms with van der Waals surface area (Å²) in [5.74, 6) is 0.608. The standard InChI is InChI=1S/C16H31NO2/c1-3-5-12-17(13-6-4-2)16(18)19-14-15-10-8-7-9-11-15/h15H,3-14H2,1-2H3. The Morgan fingerprint density at radius 2 is 1.63 bits per heavy atom. The molecule has 19 heavy (non-hydrogen) atoms. The highest BCUT2D eigenvalue weighted by Gasteiger charge is 2.18. The van der Waals surface area contributed by atoms with Gasteiger partial charge in [-0.3, -0.25) is 0 Å². The van der Waals surface area contributed by atoms with Gasteiger partial charge in [0.15, 0.2) is 0 Å². The van der Waals surface area contributed by atoms with E-state index in [0.717, 1.165) is 38.8 Å². The van der Waals surface area contributed by atoms with E-state index < -0.39 is 0 Å². The maximum Gasteiger partial charge on any atom is 0.409 e. The number of ether oxygens (including phenoxy) is 1. The molecule has 0 unspecified atom stereocenters. The lowest BCUT2D eigenvalue weighted by molar-refractivity contribution is 0.0795. The summed E-state index contributed by atoms with van der Waals surface area (Å²) >= 11 is 0. The molecule has 0 atom stereocenters. The molecule has 1 aliphatic rings. The number of hydrogen-bond acceptors (Lipinski definition) is 2. The van der Waals surface area contributed by atoms with E-state index in [0.29, 0.717) is 12.5 Å². The van der Waals surface area contributed by atoms with E-state index in [2.05, 4.69) is 13.8 Å². The lowest BCUT2D eigenvalue weighted by Gasteiger charge is -2.25. The SMILES string of the molecule is CCCCN(CCCC)C(=O)OCC1CCCCC1. The lowest BCUT2D eigenvalue weighted by Crippen LogP contribution is -2.34. The molecule has 3 nitrogen and oxygen atoms in total. The molecule has 0 bridgehead atoms. The molecule has 1 aliphatic carbocycles. The van der Waals surface area contributed by atoms with Crippen LogP contribution in [0.25, 0.3) is 0 Å². The van der Waals surface area contributed by atoms with Crippen molar-refractivity contribution in [2.75, 3.05) is 19.7 Å². The van der Waals surface area contributed by atoms with Gasteiger partial charge in [-0.05, 0) is 31.6 Å². The number of nitrogens with zero attached hydrogens (tertiary/aromatic N) is 1. The first-order chi connectivity index (χ1) is 9.27. The van der Waals surface area contributed by atoms with Crippen LogP contribution in [0.2, 0.25) is 0 Å². The first kappa shape index (κ1) is 16.3. The zero-order chi connectivity index (χ0) is 13.9. The molecule has 112 valence electrons. The van der Waals surface area contributed by atoms with E-state index in [4.69, 9.17) is 4.74 Å². The Kier molecular flexibility index (Phi) is 8.68. The van der Waals surface area contributed by atoms with E-state index in [1.165, 1.54) is 32.1 Å².